The highest BCUT2D eigenvalue weighted by Gasteiger charge is 2.25. The zero-order valence-corrected chi connectivity index (χ0v) is 9.98. The van der Waals surface area contributed by atoms with E-state index in [1.165, 1.54) is 0 Å². The number of hydrogen-bond acceptors (Lipinski definition) is 3. The molecule has 1 aliphatic carbocycles. The number of carbonyl (C=O) groups is 1. The molecular formula is C12H21NO3. The van der Waals surface area contributed by atoms with Crippen LogP contribution in [0.15, 0.2) is 11.6 Å². The van der Waals surface area contributed by atoms with Gasteiger partial charge in [0.1, 0.15) is 0 Å². The molecule has 1 rings (SSSR count). The van der Waals surface area contributed by atoms with E-state index in [0.717, 1.165) is 12.8 Å². The van der Waals surface area contributed by atoms with Crippen LogP contribution in [0.5, 0.6) is 0 Å². The standard InChI is InChI=1S/C12H21NO3/c1-3-10(4-2)16-11-6-8(12(14)15)5-9(13)7-11/h5,9-11H,3-4,6-7,13H2,1-2H3,(H,14,15). The van der Waals surface area contributed by atoms with Crippen molar-refractivity contribution in [2.24, 2.45) is 5.73 Å². The molecule has 0 aromatic rings. The van der Waals surface area contributed by atoms with Gasteiger partial charge in [-0.1, -0.05) is 19.9 Å². The Morgan fingerprint density at radius 1 is 1.62 bits per heavy atom. The van der Waals surface area contributed by atoms with Gasteiger partial charge in [-0.25, -0.2) is 4.79 Å². The highest BCUT2D eigenvalue weighted by molar-refractivity contribution is 5.87. The van der Waals surface area contributed by atoms with E-state index >= 15 is 0 Å². The van der Waals surface area contributed by atoms with Crippen LogP contribution in [0.3, 0.4) is 0 Å². The summed E-state index contributed by atoms with van der Waals surface area (Å²) in [7, 11) is 0. The van der Waals surface area contributed by atoms with Crippen LogP contribution < -0.4 is 5.73 Å². The second kappa shape index (κ2) is 6.01. The minimum Gasteiger partial charge on any atom is -0.478 e. The highest BCUT2D eigenvalue weighted by Crippen LogP contribution is 2.23. The Labute approximate surface area is 96.5 Å². The predicted octanol–water partition coefficient (Wildman–Crippen LogP) is 1.69. The molecule has 0 heterocycles. The summed E-state index contributed by atoms with van der Waals surface area (Å²) in [6.45, 7) is 4.15. The number of carboxylic acid groups (broad SMARTS) is 1. The van der Waals surface area contributed by atoms with Crippen LogP contribution in [-0.4, -0.2) is 29.3 Å². The van der Waals surface area contributed by atoms with Crippen molar-refractivity contribution in [2.45, 2.75) is 57.8 Å². The zero-order chi connectivity index (χ0) is 12.1. The van der Waals surface area contributed by atoms with Crippen molar-refractivity contribution in [2.75, 3.05) is 0 Å². The first kappa shape index (κ1) is 13.2. The molecule has 16 heavy (non-hydrogen) atoms. The van der Waals surface area contributed by atoms with Gasteiger partial charge in [-0.2, -0.15) is 0 Å². The van der Waals surface area contributed by atoms with Gasteiger partial charge >= 0.3 is 5.97 Å². The third kappa shape index (κ3) is 3.61. The Kier molecular flexibility index (Phi) is 4.96. The van der Waals surface area contributed by atoms with Crippen LogP contribution in [0.25, 0.3) is 0 Å². The predicted molar refractivity (Wildman–Crippen MR) is 62.2 cm³/mol. The van der Waals surface area contributed by atoms with Crippen molar-refractivity contribution in [1.29, 1.82) is 0 Å². The van der Waals surface area contributed by atoms with Crippen LogP contribution in [0, 0.1) is 0 Å². The van der Waals surface area contributed by atoms with Gasteiger partial charge in [-0.3, -0.25) is 0 Å². The van der Waals surface area contributed by atoms with E-state index < -0.39 is 5.97 Å². The average molecular weight is 227 g/mol. The van der Waals surface area contributed by atoms with Crippen LogP contribution >= 0.6 is 0 Å². The Bertz CT molecular complexity index is 271. The highest BCUT2D eigenvalue weighted by atomic mass is 16.5. The van der Waals surface area contributed by atoms with E-state index in [9.17, 15) is 4.79 Å². The fourth-order valence-electron chi connectivity index (χ4n) is 2.04. The normalized spacial score (nSPS) is 25.6. The van der Waals surface area contributed by atoms with Gasteiger partial charge in [0.15, 0.2) is 0 Å². The molecule has 2 unspecified atom stereocenters. The van der Waals surface area contributed by atoms with Crippen molar-refractivity contribution < 1.29 is 14.6 Å². The molecule has 0 amide bonds. The van der Waals surface area contributed by atoms with Gasteiger partial charge in [-0.05, 0) is 19.3 Å². The molecule has 0 spiro atoms. The van der Waals surface area contributed by atoms with Gasteiger partial charge in [0.25, 0.3) is 0 Å². The first-order valence-electron chi connectivity index (χ1n) is 5.91. The third-order valence-corrected chi connectivity index (χ3v) is 2.97. The summed E-state index contributed by atoms with van der Waals surface area (Å²) in [5.74, 6) is -0.881. The lowest BCUT2D eigenvalue weighted by Gasteiger charge is -2.28. The Hall–Kier alpha value is -0.870. The van der Waals surface area contributed by atoms with Crippen LogP contribution in [0.4, 0.5) is 0 Å². The van der Waals surface area contributed by atoms with Crippen molar-refractivity contribution >= 4 is 5.97 Å². The molecule has 4 nitrogen and oxygen atoms in total. The summed E-state index contributed by atoms with van der Waals surface area (Å²) < 4.78 is 5.86. The molecule has 0 fully saturated rings. The van der Waals surface area contributed by atoms with E-state index in [2.05, 4.69) is 13.8 Å². The van der Waals surface area contributed by atoms with E-state index in [-0.39, 0.29) is 18.2 Å². The molecule has 3 N–H and O–H groups in total. The molecule has 1 aliphatic rings. The Morgan fingerprint density at radius 2 is 2.25 bits per heavy atom. The van der Waals surface area contributed by atoms with Crippen LogP contribution in [0.2, 0.25) is 0 Å². The summed E-state index contributed by atoms with van der Waals surface area (Å²) in [6, 6.07) is -0.195. The van der Waals surface area contributed by atoms with E-state index in [4.69, 9.17) is 15.6 Å². The summed E-state index contributed by atoms with van der Waals surface area (Å²) >= 11 is 0. The average Bonchev–Trinajstić information content (AvgIpc) is 2.25. The Balaban J connectivity index is 2.58. The van der Waals surface area contributed by atoms with Crippen LogP contribution in [-0.2, 0) is 9.53 Å². The first-order valence-corrected chi connectivity index (χ1v) is 5.91. The number of rotatable bonds is 5. The topological polar surface area (TPSA) is 72.5 Å². The lowest BCUT2D eigenvalue weighted by atomic mass is 9.93. The largest absolute Gasteiger partial charge is 0.478 e. The van der Waals surface area contributed by atoms with E-state index in [0.29, 0.717) is 18.4 Å². The minimum absolute atomic E-state index is 0.0454. The van der Waals surface area contributed by atoms with Crippen LogP contribution in [0.1, 0.15) is 39.5 Å². The quantitative estimate of drug-likeness (QED) is 0.749. The number of hydrogen-bond donors (Lipinski definition) is 2. The van der Waals surface area contributed by atoms with Gasteiger partial charge in [0.05, 0.1) is 12.2 Å². The maximum absolute atomic E-state index is 10.9. The molecule has 0 saturated heterocycles. The smallest absolute Gasteiger partial charge is 0.331 e. The van der Waals surface area contributed by atoms with E-state index in [1.54, 1.807) is 6.08 Å². The third-order valence-electron chi connectivity index (χ3n) is 2.97. The SMILES string of the molecule is CCC(CC)OC1CC(C(=O)O)=CC(N)C1. The number of aliphatic carboxylic acids is 1. The molecule has 0 bridgehead atoms. The minimum atomic E-state index is -0.881. The maximum atomic E-state index is 10.9. The van der Waals surface area contributed by atoms with Gasteiger partial charge in [0.2, 0.25) is 0 Å². The summed E-state index contributed by atoms with van der Waals surface area (Å²) in [5.41, 5.74) is 6.18. The van der Waals surface area contributed by atoms with Crippen molar-refractivity contribution in [3.8, 4) is 0 Å². The van der Waals surface area contributed by atoms with Gasteiger partial charge in [0, 0.05) is 18.0 Å². The molecule has 0 saturated carbocycles. The second-order valence-electron chi connectivity index (χ2n) is 4.30. The zero-order valence-electron chi connectivity index (χ0n) is 9.98. The second-order valence-corrected chi connectivity index (χ2v) is 4.30. The molecule has 0 aliphatic heterocycles. The fourth-order valence-corrected chi connectivity index (χ4v) is 2.04. The van der Waals surface area contributed by atoms with E-state index in [1.807, 2.05) is 0 Å². The van der Waals surface area contributed by atoms with Crippen molar-refractivity contribution in [3.63, 3.8) is 0 Å². The molecular weight excluding hydrogens is 206 g/mol. The monoisotopic (exact) mass is 227 g/mol. The van der Waals surface area contributed by atoms with Gasteiger partial charge < -0.3 is 15.6 Å². The first-order chi connectivity index (χ1) is 7.56. The summed E-state index contributed by atoms with van der Waals surface area (Å²) in [4.78, 5) is 10.9. The molecule has 4 heteroatoms. The summed E-state index contributed by atoms with van der Waals surface area (Å²) in [5, 5.41) is 8.94. The fraction of sp³-hybridized carbons (Fsp3) is 0.750. The number of ether oxygens (including phenoxy) is 1. The Morgan fingerprint density at radius 3 is 2.75 bits per heavy atom. The molecule has 2 atom stereocenters. The molecule has 0 aromatic carbocycles. The molecule has 92 valence electrons. The summed E-state index contributed by atoms with van der Waals surface area (Å²) in [6.07, 6.45) is 4.89. The van der Waals surface area contributed by atoms with Crippen molar-refractivity contribution in [3.05, 3.63) is 11.6 Å². The number of nitrogens with two attached hydrogens (primary N) is 1. The molecule has 0 aromatic heterocycles. The van der Waals surface area contributed by atoms with Gasteiger partial charge in [-0.15, -0.1) is 0 Å². The number of carboxylic acids is 1. The maximum Gasteiger partial charge on any atom is 0.331 e. The lowest BCUT2D eigenvalue weighted by molar-refractivity contribution is -0.133. The lowest BCUT2D eigenvalue weighted by Crippen LogP contribution is -2.34. The molecule has 0 radical (unpaired) electrons. The van der Waals surface area contributed by atoms with Crippen molar-refractivity contribution in [1.82, 2.24) is 0 Å².